The molecule has 172 valence electrons. The summed E-state index contributed by atoms with van der Waals surface area (Å²) in [4.78, 5) is 26.9. The maximum atomic E-state index is 13.2. The van der Waals surface area contributed by atoms with Crippen molar-refractivity contribution in [2.24, 2.45) is 16.7 Å². The predicted octanol–water partition coefficient (Wildman–Crippen LogP) is 3.58. The third-order valence-electron chi connectivity index (χ3n) is 5.10. The van der Waals surface area contributed by atoms with Gasteiger partial charge in [-0.15, -0.1) is 0 Å². The van der Waals surface area contributed by atoms with Crippen molar-refractivity contribution in [1.82, 2.24) is 0 Å². The van der Waals surface area contributed by atoms with E-state index in [2.05, 4.69) is 11.2 Å². The number of hydrogen-bond acceptors (Lipinski definition) is 7. The average Bonchev–Trinajstić information content (AvgIpc) is 2.85. The number of nitrogens with two attached hydrogens (primary N) is 2. The molecule has 0 aliphatic heterocycles. The van der Waals surface area contributed by atoms with Crippen molar-refractivity contribution in [2.75, 3.05) is 11.5 Å². The number of nitriles is 1. The number of nitrogens with zero attached hydrogens (tertiary/aromatic N) is 3. The van der Waals surface area contributed by atoms with Gasteiger partial charge in [-0.1, -0.05) is 54.6 Å². The highest BCUT2D eigenvalue weighted by atomic mass is 16.6. The quantitative estimate of drug-likeness (QED) is 0.318. The van der Waals surface area contributed by atoms with E-state index in [0.717, 1.165) is 27.2 Å². The lowest BCUT2D eigenvalue weighted by Gasteiger charge is -2.23. The molecule has 0 aliphatic rings. The Kier molecular flexibility index (Phi) is 8.11. The van der Waals surface area contributed by atoms with Crippen LogP contribution in [0.15, 0.2) is 77.9 Å². The summed E-state index contributed by atoms with van der Waals surface area (Å²) in [6, 6.07) is 22.4. The SMILES string of the molecule is CCOC(=O)N(C(=O)[C@@H](N)Cc1cccc(C=NN)c1)c1ccc(-c2ccccc2C#N)cc1. The Morgan fingerprint density at radius 1 is 1.12 bits per heavy atom. The van der Waals surface area contributed by atoms with Crippen LogP contribution in [0.1, 0.15) is 23.6 Å². The van der Waals surface area contributed by atoms with Gasteiger partial charge in [0.05, 0.1) is 36.2 Å². The number of anilines is 1. The molecule has 0 unspecified atom stereocenters. The van der Waals surface area contributed by atoms with Gasteiger partial charge in [0, 0.05) is 0 Å². The van der Waals surface area contributed by atoms with Gasteiger partial charge in [-0.25, -0.2) is 9.69 Å². The van der Waals surface area contributed by atoms with E-state index in [1.807, 2.05) is 36.4 Å². The monoisotopic (exact) mass is 455 g/mol. The lowest BCUT2D eigenvalue weighted by molar-refractivity contribution is -0.119. The summed E-state index contributed by atoms with van der Waals surface area (Å²) >= 11 is 0. The first-order valence-electron chi connectivity index (χ1n) is 10.7. The summed E-state index contributed by atoms with van der Waals surface area (Å²) < 4.78 is 5.12. The second-order valence-corrected chi connectivity index (χ2v) is 7.41. The number of rotatable bonds is 7. The molecule has 0 heterocycles. The highest BCUT2D eigenvalue weighted by molar-refractivity contribution is 6.14. The van der Waals surface area contributed by atoms with E-state index in [-0.39, 0.29) is 13.0 Å². The molecule has 1 atom stereocenters. The van der Waals surface area contributed by atoms with E-state index in [9.17, 15) is 14.9 Å². The van der Waals surface area contributed by atoms with Crippen LogP contribution in [-0.2, 0) is 16.0 Å². The molecule has 0 saturated carbocycles. The van der Waals surface area contributed by atoms with Gasteiger partial charge < -0.3 is 16.3 Å². The van der Waals surface area contributed by atoms with Gasteiger partial charge in [0.1, 0.15) is 0 Å². The summed E-state index contributed by atoms with van der Waals surface area (Å²) in [5.74, 6) is 4.61. The first kappa shape index (κ1) is 24.2. The molecule has 0 aromatic heterocycles. The van der Waals surface area contributed by atoms with Gasteiger partial charge in [0.2, 0.25) is 0 Å². The zero-order valence-electron chi connectivity index (χ0n) is 18.7. The van der Waals surface area contributed by atoms with E-state index >= 15 is 0 Å². The molecule has 4 N–H and O–H groups in total. The van der Waals surface area contributed by atoms with Gasteiger partial charge in [-0.2, -0.15) is 10.4 Å². The minimum absolute atomic E-state index is 0.103. The van der Waals surface area contributed by atoms with Crippen molar-refractivity contribution >= 4 is 23.9 Å². The van der Waals surface area contributed by atoms with Gasteiger partial charge in [0.15, 0.2) is 0 Å². The number of carbonyl (C=O) groups excluding carboxylic acids is 2. The van der Waals surface area contributed by atoms with Crippen molar-refractivity contribution in [3.8, 4) is 17.2 Å². The second-order valence-electron chi connectivity index (χ2n) is 7.41. The molecule has 0 spiro atoms. The summed E-state index contributed by atoms with van der Waals surface area (Å²) in [6.45, 7) is 1.76. The Hall–Kier alpha value is -4.48. The summed E-state index contributed by atoms with van der Waals surface area (Å²) in [5.41, 5.74) is 10.2. The topological polar surface area (TPSA) is 135 Å². The third kappa shape index (κ3) is 5.65. The number of benzene rings is 3. The zero-order chi connectivity index (χ0) is 24.5. The van der Waals surface area contributed by atoms with Gasteiger partial charge in [-0.3, -0.25) is 4.79 Å². The Morgan fingerprint density at radius 2 is 1.85 bits per heavy atom. The smallest absolute Gasteiger partial charge is 0.421 e. The Morgan fingerprint density at radius 3 is 2.53 bits per heavy atom. The summed E-state index contributed by atoms with van der Waals surface area (Å²) in [6.07, 6.45) is 0.889. The fraction of sp³-hybridized carbons (Fsp3) is 0.154. The minimum atomic E-state index is -0.992. The average molecular weight is 456 g/mol. The molecule has 0 aliphatic carbocycles. The molecule has 0 bridgehead atoms. The second kappa shape index (κ2) is 11.4. The van der Waals surface area contributed by atoms with E-state index in [1.165, 1.54) is 6.21 Å². The van der Waals surface area contributed by atoms with Crippen LogP contribution in [-0.4, -0.2) is 30.9 Å². The number of hydrogen-bond donors (Lipinski definition) is 2. The first-order valence-corrected chi connectivity index (χ1v) is 10.7. The van der Waals surface area contributed by atoms with Crippen molar-refractivity contribution in [3.05, 3.63) is 89.5 Å². The molecule has 2 amide bonds. The third-order valence-corrected chi connectivity index (χ3v) is 5.10. The van der Waals surface area contributed by atoms with Crippen molar-refractivity contribution in [3.63, 3.8) is 0 Å². The molecule has 8 heteroatoms. The Bertz CT molecular complexity index is 1230. The van der Waals surface area contributed by atoms with Crippen molar-refractivity contribution in [1.29, 1.82) is 5.26 Å². The van der Waals surface area contributed by atoms with E-state index in [4.69, 9.17) is 16.3 Å². The van der Waals surface area contributed by atoms with Crippen LogP contribution in [0.2, 0.25) is 0 Å². The lowest BCUT2D eigenvalue weighted by atomic mass is 10.00. The normalized spacial score (nSPS) is 11.6. The maximum absolute atomic E-state index is 13.2. The number of imide groups is 1. The number of hydrazone groups is 1. The fourth-order valence-corrected chi connectivity index (χ4v) is 3.53. The molecule has 0 saturated heterocycles. The van der Waals surface area contributed by atoms with Gasteiger partial charge >= 0.3 is 6.09 Å². The van der Waals surface area contributed by atoms with Crippen LogP contribution in [0.3, 0.4) is 0 Å². The van der Waals surface area contributed by atoms with Crippen LogP contribution < -0.4 is 16.5 Å². The first-order chi connectivity index (χ1) is 16.5. The number of ether oxygens (including phenoxy) is 1. The predicted molar refractivity (Wildman–Crippen MR) is 131 cm³/mol. The molecule has 8 nitrogen and oxygen atoms in total. The Labute approximate surface area is 198 Å². The van der Waals surface area contributed by atoms with Gasteiger partial charge in [-0.05, 0) is 53.8 Å². The molecule has 0 fully saturated rings. The minimum Gasteiger partial charge on any atom is -0.449 e. The van der Waals surface area contributed by atoms with Crippen LogP contribution in [0.4, 0.5) is 10.5 Å². The van der Waals surface area contributed by atoms with Crippen LogP contribution in [0.5, 0.6) is 0 Å². The molecule has 3 aromatic carbocycles. The molecule has 3 aromatic rings. The molecule has 34 heavy (non-hydrogen) atoms. The van der Waals surface area contributed by atoms with Crippen LogP contribution >= 0.6 is 0 Å². The molecular weight excluding hydrogens is 430 g/mol. The summed E-state index contributed by atoms with van der Waals surface area (Å²) in [7, 11) is 0. The highest BCUT2D eigenvalue weighted by Gasteiger charge is 2.29. The van der Waals surface area contributed by atoms with E-state index in [1.54, 1.807) is 43.3 Å². The standard InChI is InChI=1S/C26H25N5O3/c1-2-34-26(33)31(25(32)24(28)15-18-6-5-7-19(14-18)17-30-29)22-12-10-20(11-13-22)23-9-4-3-8-21(23)16-27/h3-14,17,24H,2,15,28-29H2,1H3/t24-/m0/s1. The highest BCUT2D eigenvalue weighted by Crippen LogP contribution is 2.27. The molecular formula is C26H25N5O3. The maximum Gasteiger partial charge on any atom is 0.421 e. The zero-order valence-corrected chi connectivity index (χ0v) is 18.7. The summed E-state index contributed by atoms with van der Waals surface area (Å²) in [5, 5.41) is 12.9. The van der Waals surface area contributed by atoms with Gasteiger partial charge in [0.25, 0.3) is 5.91 Å². The fourth-order valence-electron chi connectivity index (χ4n) is 3.53. The lowest BCUT2D eigenvalue weighted by Crippen LogP contribution is -2.48. The Balaban J connectivity index is 1.88. The van der Waals surface area contributed by atoms with E-state index < -0.39 is 18.0 Å². The van der Waals surface area contributed by atoms with Crippen molar-refractivity contribution in [2.45, 2.75) is 19.4 Å². The van der Waals surface area contributed by atoms with E-state index in [0.29, 0.717) is 11.3 Å². The largest absolute Gasteiger partial charge is 0.449 e. The van der Waals surface area contributed by atoms with Crippen LogP contribution in [0.25, 0.3) is 11.1 Å². The van der Waals surface area contributed by atoms with Crippen molar-refractivity contribution < 1.29 is 14.3 Å². The number of amides is 2. The van der Waals surface area contributed by atoms with Crippen LogP contribution in [0, 0.1) is 11.3 Å². The molecule has 0 radical (unpaired) electrons. The number of carbonyl (C=O) groups is 2. The molecule has 3 rings (SSSR count).